The summed E-state index contributed by atoms with van der Waals surface area (Å²) in [5.74, 6) is -1.03. The molecular weight excluding hydrogens is 355 g/mol. The number of nitrogens with zero attached hydrogens (tertiary/aromatic N) is 1. The molecule has 0 radical (unpaired) electrons. The summed E-state index contributed by atoms with van der Waals surface area (Å²) in [6.07, 6.45) is -4.40. The van der Waals surface area contributed by atoms with Crippen LogP contribution >= 0.6 is 0 Å². The van der Waals surface area contributed by atoms with Gasteiger partial charge in [0.15, 0.2) is 0 Å². The predicted molar refractivity (Wildman–Crippen MR) is 97.5 cm³/mol. The summed E-state index contributed by atoms with van der Waals surface area (Å²) in [5, 5.41) is 10.9. The van der Waals surface area contributed by atoms with Gasteiger partial charge in [-0.25, -0.2) is 4.79 Å². The first kappa shape index (κ1) is 17.1. The molecule has 0 saturated heterocycles. The molecule has 0 unspecified atom stereocenters. The number of hydrogen-bond donors (Lipinski definition) is 1. The number of aryl methyl sites for hydroxylation is 1. The van der Waals surface area contributed by atoms with E-state index in [-0.39, 0.29) is 5.56 Å². The molecule has 3 aromatic carbocycles. The van der Waals surface area contributed by atoms with Crippen LogP contribution in [0.3, 0.4) is 0 Å². The van der Waals surface area contributed by atoms with E-state index in [2.05, 4.69) is 0 Å². The molecule has 0 bridgehead atoms. The summed E-state index contributed by atoms with van der Waals surface area (Å²) >= 11 is 0. The van der Waals surface area contributed by atoms with Gasteiger partial charge >= 0.3 is 12.1 Å². The second-order valence-electron chi connectivity index (χ2n) is 6.39. The Morgan fingerprint density at radius 2 is 1.67 bits per heavy atom. The zero-order valence-corrected chi connectivity index (χ0v) is 14.2. The lowest BCUT2D eigenvalue weighted by atomic mass is 10.1. The highest BCUT2D eigenvalue weighted by Crippen LogP contribution is 2.36. The van der Waals surface area contributed by atoms with Crippen LogP contribution in [0.1, 0.15) is 21.5 Å². The summed E-state index contributed by atoms with van der Waals surface area (Å²) in [4.78, 5) is 11.4. The maximum Gasteiger partial charge on any atom is 0.416 e. The third-order valence-electron chi connectivity index (χ3n) is 4.70. The van der Waals surface area contributed by atoms with E-state index in [0.29, 0.717) is 5.69 Å². The Labute approximate surface area is 152 Å². The normalized spacial score (nSPS) is 12.0. The molecule has 6 heteroatoms. The van der Waals surface area contributed by atoms with E-state index in [1.807, 2.05) is 29.7 Å². The molecule has 136 valence electrons. The van der Waals surface area contributed by atoms with E-state index in [1.165, 1.54) is 18.2 Å². The smallest absolute Gasteiger partial charge is 0.416 e. The molecule has 0 spiro atoms. The van der Waals surface area contributed by atoms with E-state index < -0.39 is 17.7 Å². The molecule has 0 fully saturated rings. The number of carboxylic acids is 1. The second-order valence-corrected chi connectivity index (χ2v) is 6.39. The van der Waals surface area contributed by atoms with Crippen LogP contribution in [0, 0.1) is 6.92 Å². The van der Waals surface area contributed by atoms with Gasteiger partial charge in [-0.15, -0.1) is 0 Å². The van der Waals surface area contributed by atoms with Gasteiger partial charge in [-0.2, -0.15) is 13.2 Å². The van der Waals surface area contributed by atoms with Gasteiger partial charge in [-0.05, 0) is 61.0 Å². The van der Waals surface area contributed by atoms with E-state index in [4.69, 9.17) is 0 Å². The van der Waals surface area contributed by atoms with Crippen molar-refractivity contribution >= 4 is 27.8 Å². The number of hydrogen-bond acceptors (Lipinski definition) is 1. The van der Waals surface area contributed by atoms with Crippen LogP contribution in [0.25, 0.3) is 27.5 Å². The van der Waals surface area contributed by atoms with Gasteiger partial charge in [0.1, 0.15) is 0 Å². The maximum atomic E-state index is 12.9. The quantitative estimate of drug-likeness (QED) is 0.485. The Kier molecular flexibility index (Phi) is 3.73. The van der Waals surface area contributed by atoms with E-state index in [0.717, 1.165) is 39.5 Å². The Hall–Kier alpha value is -3.28. The predicted octanol–water partition coefficient (Wildman–Crippen LogP) is 5.81. The van der Waals surface area contributed by atoms with Crippen LogP contribution < -0.4 is 0 Å². The summed E-state index contributed by atoms with van der Waals surface area (Å²) in [6.45, 7) is 1.92. The number of benzene rings is 3. The van der Waals surface area contributed by atoms with Crippen molar-refractivity contribution in [3.8, 4) is 5.69 Å². The lowest BCUT2D eigenvalue weighted by Gasteiger charge is -2.11. The zero-order valence-electron chi connectivity index (χ0n) is 14.2. The van der Waals surface area contributed by atoms with Crippen molar-refractivity contribution in [1.82, 2.24) is 4.57 Å². The molecule has 0 saturated carbocycles. The van der Waals surface area contributed by atoms with Crippen LogP contribution in [0.5, 0.6) is 0 Å². The van der Waals surface area contributed by atoms with Crippen LogP contribution in [0.2, 0.25) is 0 Å². The first-order valence-corrected chi connectivity index (χ1v) is 8.22. The molecule has 0 aliphatic rings. The minimum Gasteiger partial charge on any atom is -0.478 e. The second kappa shape index (κ2) is 5.87. The van der Waals surface area contributed by atoms with Crippen molar-refractivity contribution in [3.05, 3.63) is 77.4 Å². The molecule has 1 heterocycles. The Morgan fingerprint density at radius 1 is 0.963 bits per heavy atom. The summed E-state index contributed by atoms with van der Waals surface area (Å²) in [7, 11) is 0. The van der Waals surface area contributed by atoms with Crippen molar-refractivity contribution in [2.45, 2.75) is 13.1 Å². The Bertz CT molecular complexity index is 1190. The van der Waals surface area contributed by atoms with Crippen molar-refractivity contribution in [2.24, 2.45) is 0 Å². The number of aromatic nitrogens is 1. The van der Waals surface area contributed by atoms with Crippen molar-refractivity contribution in [1.29, 1.82) is 0 Å². The SMILES string of the molecule is Cc1cccc2c1c1cc(C(=O)O)ccc1n2-c1ccc(C(F)(F)F)cc1. The van der Waals surface area contributed by atoms with Crippen LogP contribution in [0.4, 0.5) is 13.2 Å². The Balaban J connectivity index is 2.05. The highest BCUT2D eigenvalue weighted by Gasteiger charge is 2.30. The standard InChI is InChI=1S/C21H14F3NO2/c1-12-3-2-4-18-19(12)16-11-13(20(26)27)5-10-17(16)25(18)15-8-6-14(7-9-15)21(22,23)24/h2-11H,1H3,(H,26,27). The number of carbonyl (C=O) groups is 1. The van der Waals surface area contributed by atoms with E-state index in [9.17, 15) is 23.1 Å². The van der Waals surface area contributed by atoms with Gasteiger partial charge in [0.25, 0.3) is 0 Å². The fourth-order valence-electron chi connectivity index (χ4n) is 3.46. The first-order chi connectivity index (χ1) is 12.8. The molecule has 4 aromatic rings. The molecule has 0 aliphatic heterocycles. The van der Waals surface area contributed by atoms with Gasteiger partial charge in [-0.3, -0.25) is 0 Å². The number of halogens is 3. The molecule has 0 aliphatic carbocycles. The van der Waals surface area contributed by atoms with Gasteiger partial charge in [0.05, 0.1) is 22.2 Å². The average molecular weight is 369 g/mol. The Morgan fingerprint density at radius 3 is 2.30 bits per heavy atom. The summed E-state index contributed by atoms with van der Waals surface area (Å²) in [6, 6.07) is 15.4. The van der Waals surface area contributed by atoms with Crippen LogP contribution in [-0.2, 0) is 6.18 Å². The molecule has 27 heavy (non-hydrogen) atoms. The fraction of sp³-hybridized carbons (Fsp3) is 0.0952. The van der Waals surface area contributed by atoms with Crippen molar-refractivity contribution < 1.29 is 23.1 Å². The molecule has 1 aromatic heterocycles. The highest BCUT2D eigenvalue weighted by molar-refractivity contribution is 6.12. The largest absolute Gasteiger partial charge is 0.478 e. The van der Waals surface area contributed by atoms with Crippen molar-refractivity contribution in [2.75, 3.05) is 0 Å². The van der Waals surface area contributed by atoms with Gasteiger partial charge in [0, 0.05) is 16.5 Å². The highest BCUT2D eigenvalue weighted by atomic mass is 19.4. The minimum atomic E-state index is -4.40. The molecule has 1 N–H and O–H groups in total. The molecule has 0 atom stereocenters. The monoisotopic (exact) mass is 369 g/mol. The third kappa shape index (κ3) is 2.73. The molecule has 3 nitrogen and oxygen atoms in total. The number of fused-ring (bicyclic) bond motifs is 3. The summed E-state index contributed by atoms with van der Waals surface area (Å²) < 4.78 is 40.5. The van der Waals surface area contributed by atoms with E-state index >= 15 is 0 Å². The number of aromatic carboxylic acids is 1. The minimum absolute atomic E-state index is 0.164. The lowest BCUT2D eigenvalue weighted by molar-refractivity contribution is -0.137. The zero-order chi connectivity index (χ0) is 19.3. The number of alkyl halides is 3. The van der Waals surface area contributed by atoms with Gasteiger partial charge in [-0.1, -0.05) is 12.1 Å². The maximum absolute atomic E-state index is 12.9. The first-order valence-electron chi connectivity index (χ1n) is 8.22. The molecule has 0 amide bonds. The van der Waals surface area contributed by atoms with Gasteiger partial charge < -0.3 is 9.67 Å². The number of rotatable bonds is 2. The summed E-state index contributed by atoms with van der Waals surface area (Å²) in [5.41, 5.74) is 2.55. The van der Waals surface area contributed by atoms with Crippen molar-refractivity contribution in [3.63, 3.8) is 0 Å². The lowest BCUT2D eigenvalue weighted by Crippen LogP contribution is -2.05. The topological polar surface area (TPSA) is 42.2 Å². The number of carboxylic acid groups (broad SMARTS) is 1. The average Bonchev–Trinajstić information content (AvgIpc) is 2.95. The molecular formula is C21H14F3NO2. The molecule has 4 rings (SSSR count). The van der Waals surface area contributed by atoms with Gasteiger partial charge in [0.2, 0.25) is 0 Å². The van der Waals surface area contributed by atoms with E-state index in [1.54, 1.807) is 12.1 Å². The third-order valence-corrected chi connectivity index (χ3v) is 4.70. The fourth-order valence-corrected chi connectivity index (χ4v) is 3.46. The van der Waals surface area contributed by atoms with Crippen LogP contribution in [-0.4, -0.2) is 15.6 Å². The van der Waals surface area contributed by atoms with Crippen LogP contribution in [0.15, 0.2) is 60.7 Å².